The molecule has 0 spiro atoms. The summed E-state index contributed by atoms with van der Waals surface area (Å²) in [7, 11) is 3.76. The third-order valence-corrected chi connectivity index (χ3v) is 6.32. The van der Waals surface area contributed by atoms with E-state index in [1.165, 1.54) is 5.56 Å². The summed E-state index contributed by atoms with van der Waals surface area (Å²) >= 11 is 0. The number of hydrogen-bond donors (Lipinski definition) is 1. The van der Waals surface area contributed by atoms with E-state index in [9.17, 15) is 9.59 Å². The Morgan fingerprint density at radius 1 is 1.06 bits per heavy atom. The maximum atomic E-state index is 12.8. The van der Waals surface area contributed by atoms with E-state index in [0.717, 1.165) is 44.0 Å². The number of rotatable bonds is 7. The summed E-state index contributed by atoms with van der Waals surface area (Å²) in [5, 5.41) is 3.03. The van der Waals surface area contributed by atoms with Gasteiger partial charge in [0.05, 0.1) is 13.0 Å². The number of likely N-dealkylation sites (N-methyl/N-ethyl adjacent to an activating group) is 1. The molecule has 170 valence electrons. The molecule has 1 N–H and O–H groups in total. The van der Waals surface area contributed by atoms with Crippen LogP contribution >= 0.6 is 0 Å². The zero-order chi connectivity index (χ0) is 22.5. The molecule has 2 saturated heterocycles. The van der Waals surface area contributed by atoms with Gasteiger partial charge in [-0.3, -0.25) is 14.5 Å². The lowest BCUT2D eigenvalue weighted by Gasteiger charge is -2.32. The minimum absolute atomic E-state index is 0.0347. The van der Waals surface area contributed by atoms with Gasteiger partial charge in [0.1, 0.15) is 5.75 Å². The maximum absolute atomic E-state index is 12.8. The number of methoxy groups -OCH3 is 1. The van der Waals surface area contributed by atoms with Crippen LogP contribution in [0.5, 0.6) is 5.75 Å². The molecule has 0 bridgehead atoms. The molecule has 7 nitrogen and oxygen atoms in total. The summed E-state index contributed by atoms with van der Waals surface area (Å²) in [6.07, 6.45) is 0.229. The lowest BCUT2D eigenvalue weighted by atomic mass is 10.1. The van der Waals surface area contributed by atoms with Crippen LogP contribution in [0.15, 0.2) is 48.5 Å². The predicted molar refractivity (Wildman–Crippen MR) is 125 cm³/mol. The van der Waals surface area contributed by atoms with Crippen molar-refractivity contribution in [2.45, 2.75) is 19.5 Å². The lowest BCUT2D eigenvalue weighted by Crippen LogP contribution is -2.43. The summed E-state index contributed by atoms with van der Waals surface area (Å²) in [4.78, 5) is 31.8. The molecular formula is C25H32N4O3. The van der Waals surface area contributed by atoms with E-state index in [1.54, 1.807) is 12.0 Å². The van der Waals surface area contributed by atoms with Gasteiger partial charge in [0.2, 0.25) is 11.8 Å². The molecule has 1 unspecified atom stereocenters. The normalized spacial score (nSPS) is 19.9. The van der Waals surface area contributed by atoms with Crippen molar-refractivity contribution in [2.24, 2.45) is 5.92 Å². The van der Waals surface area contributed by atoms with Crippen LogP contribution in [0.25, 0.3) is 0 Å². The Balaban J connectivity index is 1.30. The molecule has 2 aliphatic rings. The smallest absolute Gasteiger partial charge is 0.227 e. The summed E-state index contributed by atoms with van der Waals surface area (Å²) in [6, 6.07) is 15.8. The van der Waals surface area contributed by atoms with Gasteiger partial charge in [-0.15, -0.1) is 0 Å². The van der Waals surface area contributed by atoms with E-state index in [-0.39, 0.29) is 24.2 Å². The molecule has 2 fully saturated rings. The van der Waals surface area contributed by atoms with Gasteiger partial charge in [0.25, 0.3) is 0 Å². The number of carbonyl (C=O) groups is 2. The molecule has 0 aliphatic carbocycles. The Morgan fingerprint density at radius 3 is 2.59 bits per heavy atom. The first-order valence-corrected chi connectivity index (χ1v) is 11.2. The van der Waals surface area contributed by atoms with Gasteiger partial charge in [0, 0.05) is 64.0 Å². The standard InChI is InChI=1S/C25H32N4O3/c1-27-9-11-28(12-10-27)17-20-6-3-5-19(13-20)16-26-25(31)21-14-24(30)29(18-21)22-7-4-8-23(15-22)32-2/h3-8,13,15,21H,9-12,14,16-18H2,1-2H3,(H,26,31). The number of piperazine rings is 1. The van der Waals surface area contributed by atoms with Crippen LogP contribution in [0.3, 0.4) is 0 Å². The van der Waals surface area contributed by atoms with Crippen molar-refractivity contribution < 1.29 is 14.3 Å². The molecule has 0 aromatic heterocycles. The summed E-state index contributed by atoms with van der Waals surface area (Å²) < 4.78 is 5.25. The van der Waals surface area contributed by atoms with Crippen LogP contribution in [-0.2, 0) is 22.7 Å². The molecule has 7 heteroatoms. The Bertz CT molecular complexity index is 956. The predicted octanol–water partition coefficient (Wildman–Crippen LogP) is 2.11. The molecule has 2 aliphatic heterocycles. The highest BCUT2D eigenvalue weighted by atomic mass is 16.5. The number of nitrogens with zero attached hydrogens (tertiary/aromatic N) is 3. The molecule has 32 heavy (non-hydrogen) atoms. The molecule has 2 aromatic rings. The van der Waals surface area contributed by atoms with E-state index in [2.05, 4.69) is 40.4 Å². The first-order valence-electron chi connectivity index (χ1n) is 11.2. The topological polar surface area (TPSA) is 65.1 Å². The number of ether oxygens (including phenoxy) is 1. The Hall–Kier alpha value is -2.90. The van der Waals surface area contributed by atoms with E-state index in [1.807, 2.05) is 30.3 Å². The first-order chi connectivity index (χ1) is 15.5. The zero-order valence-corrected chi connectivity index (χ0v) is 18.9. The van der Waals surface area contributed by atoms with Gasteiger partial charge in [0.15, 0.2) is 0 Å². The average Bonchev–Trinajstić information content (AvgIpc) is 3.21. The average molecular weight is 437 g/mol. The van der Waals surface area contributed by atoms with E-state index in [4.69, 9.17) is 4.74 Å². The molecule has 2 aromatic carbocycles. The van der Waals surface area contributed by atoms with Crippen molar-refractivity contribution in [3.63, 3.8) is 0 Å². The van der Waals surface area contributed by atoms with Gasteiger partial charge in [-0.1, -0.05) is 30.3 Å². The lowest BCUT2D eigenvalue weighted by molar-refractivity contribution is -0.126. The zero-order valence-electron chi connectivity index (χ0n) is 18.9. The van der Waals surface area contributed by atoms with Crippen molar-refractivity contribution >= 4 is 17.5 Å². The summed E-state index contributed by atoms with van der Waals surface area (Å²) in [6.45, 7) is 6.15. The first kappa shape index (κ1) is 22.3. The van der Waals surface area contributed by atoms with E-state index in [0.29, 0.717) is 18.8 Å². The highest BCUT2D eigenvalue weighted by Gasteiger charge is 2.35. The number of anilines is 1. The van der Waals surface area contributed by atoms with Gasteiger partial charge in [-0.25, -0.2) is 0 Å². The second-order valence-electron chi connectivity index (χ2n) is 8.72. The number of benzene rings is 2. The van der Waals surface area contributed by atoms with Crippen LogP contribution in [0.2, 0.25) is 0 Å². The van der Waals surface area contributed by atoms with Crippen molar-refractivity contribution in [1.82, 2.24) is 15.1 Å². The van der Waals surface area contributed by atoms with Crippen LogP contribution in [0.1, 0.15) is 17.5 Å². The van der Waals surface area contributed by atoms with Gasteiger partial charge in [-0.2, -0.15) is 0 Å². The quantitative estimate of drug-likeness (QED) is 0.720. The second-order valence-corrected chi connectivity index (χ2v) is 8.72. The fourth-order valence-corrected chi connectivity index (χ4v) is 4.35. The van der Waals surface area contributed by atoms with Gasteiger partial charge in [-0.05, 0) is 30.3 Å². The van der Waals surface area contributed by atoms with E-state index >= 15 is 0 Å². The van der Waals surface area contributed by atoms with Crippen LogP contribution < -0.4 is 15.0 Å². The maximum Gasteiger partial charge on any atom is 0.227 e. The number of carbonyl (C=O) groups excluding carboxylic acids is 2. The third-order valence-electron chi connectivity index (χ3n) is 6.32. The number of amides is 2. The molecule has 2 amide bonds. The van der Waals surface area contributed by atoms with Crippen LogP contribution in [0.4, 0.5) is 5.69 Å². The highest BCUT2D eigenvalue weighted by molar-refractivity contribution is 6.00. The van der Waals surface area contributed by atoms with Crippen molar-refractivity contribution in [3.8, 4) is 5.75 Å². The minimum Gasteiger partial charge on any atom is -0.497 e. The van der Waals surface area contributed by atoms with Crippen molar-refractivity contribution in [1.29, 1.82) is 0 Å². The third kappa shape index (κ3) is 5.47. The summed E-state index contributed by atoms with van der Waals surface area (Å²) in [5.41, 5.74) is 3.11. The van der Waals surface area contributed by atoms with Crippen LogP contribution in [-0.4, -0.2) is 68.5 Å². The minimum atomic E-state index is -0.345. The molecule has 4 rings (SSSR count). The van der Waals surface area contributed by atoms with Crippen molar-refractivity contribution in [2.75, 3.05) is 51.8 Å². The number of hydrogen-bond acceptors (Lipinski definition) is 5. The largest absolute Gasteiger partial charge is 0.497 e. The van der Waals surface area contributed by atoms with E-state index < -0.39 is 0 Å². The van der Waals surface area contributed by atoms with Gasteiger partial charge < -0.3 is 19.9 Å². The Labute approximate surface area is 189 Å². The molecule has 1 atom stereocenters. The SMILES string of the molecule is COc1cccc(N2CC(C(=O)NCc3cccc(CN4CCN(C)CC4)c3)CC2=O)c1. The number of nitrogens with one attached hydrogen (secondary N) is 1. The Morgan fingerprint density at radius 2 is 1.81 bits per heavy atom. The Kier molecular flexibility index (Phi) is 7.07. The molecule has 0 radical (unpaired) electrons. The molecular weight excluding hydrogens is 404 g/mol. The van der Waals surface area contributed by atoms with Crippen molar-refractivity contribution in [3.05, 3.63) is 59.7 Å². The molecule has 0 saturated carbocycles. The highest BCUT2D eigenvalue weighted by Crippen LogP contribution is 2.28. The molecule has 2 heterocycles. The fraction of sp³-hybridized carbons (Fsp3) is 0.440. The monoisotopic (exact) mass is 436 g/mol. The fourth-order valence-electron chi connectivity index (χ4n) is 4.35. The summed E-state index contributed by atoms with van der Waals surface area (Å²) in [5.74, 6) is 0.239. The van der Waals surface area contributed by atoms with Crippen LogP contribution in [0, 0.1) is 5.92 Å². The van der Waals surface area contributed by atoms with Gasteiger partial charge >= 0.3 is 0 Å². The second kappa shape index (κ2) is 10.1.